The smallest absolute Gasteiger partial charge is 0.276 e. The Kier molecular flexibility index (Phi) is 5.17. The largest absolute Gasteiger partial charge is 0.355 e. The van der Waals surface area contributed by atoms with Crippen LogP contribution in [0.5, 0.6) is 0 Å². The molecule has 30 heavy (non-hydrogen) atoms. The number of imidazole rings is 1. The summed E-state index contributed by atoms with van der Waals surface area (Å²) in [5.41, 5.74) is 2.87. The fraction of sp³-hybridized carbons (Fsp3) is 0.391. The Labute approximate surface area is 176 Å². The number of hydrogen-bond acceptors (Lipinski definition) is 5. The molecule has 4 heterocycles. The van der Waals surface area contributed by atoms with Crippen LogP contribution in [0.25, 0.3) is 11.3 Å². The zero-order valence-corrected chi connectivity index (χ0v) is 17.0. The van der Waals surface area contributed by atoms with Crippen molar-refractivity contribution in [1.82, 2.24) is 19.7 Å². The molecule has 0 spiro atoms. The number of nitrogens with zero attached hydrogens (tertiary/aromatic N) is 5. The highest BCUT2D eigenvalue weighted by Gasteiger charge is 2.18. The van der Waals surface area contributed by atoms with Crippen molar-refractivity contribution in [3.8, 4) is 11.3 Å². The molecule has 1 amide bonds. The van der Waals surface area contributed by atoms with Crippen LogP contribution < -0.4 is 10.2 Å². The molecule has 2 aromatic heterocycles. The number of aromatic nitrogens is 4. The van der Waals surface area contributed by atoms with E-state index in [-0.39, 0.29) is 5.91 Å². The van der Waals surface area contributed by atoms with E-state index in [1.807, 2.05) is 30.3 Å². The van der Waals surface area contributed by atoms with Crippen molar-refractivity contribution in [2.45, 2.75) is 45.1 Å². The first kappa shape index (κ1) is 18.8. The number of anilines is 2. The third-order valence-corrected chi connectivity index (χ3v) is 5.92. The summed E-state index contributed by atoms with van der Waals surface area (Å²) in [5.74, 6) is 1.70. The number of piperidine rings is 1. The highest BCUT2D eigenvalue weighted by Crippen LogP contribution is 2.29. The van der Waals surface area contributed by atoms with E-state index in [1.54, 1.807) is 6.07 Å². The molecule has 2 aliphatic heterocycles. The summed E-state index contributed by atoms with van der Waals surface area (Å²) in [6, 6.07) is 11.4. The lowest BCUT2D eigenvalue weighted by Crippen LogP contribution is -2.30. The Balaban J connectivity index is 1.34. The summed E-state index contributed by atoms with van der Waals surface area (Å²) in [7, 11) is 0. The van der Waals surface area contributed by atoms with Crippen LogP contribution in [0.2, 0.25) is 0 Å². The first-order valence-electron chi connectivity index (χ1n) is 10.8. The molecule has 154 valence electrons. The number of benzene rings is 1. The monoisotopic (exact) mass is 402 g/mol. The highest BCUT2D eigenvalue weighted by molar-refractivity contribution is 6.04. The van der Waals surface area contributed by atoms with Crippen molar-refractivity contribution in [2.24, 2.45) is 0 Å². The van der Waals surface area contributed by atoms with Crippen LogP contribution in [0.3, 0.4) is 0 Å². The predicted octanol–water partition coefficient (Wildman–Crippen LogP) is 3.92. The molecule has 0 unspecified atom stereocenters. The molecule has 0 bridgehead atoms. The van der Waals surface area contributed by atoms with Crippen LogP contribution >= 0.6 is 0 Å². The molecule has 1 fully saturated rings. The van der Waals surface area contributed by atoms with Gasteiger partial charge in [0, 0.05) is 37.8 Å². The fourth-order valence-corrected chi connectivity index (χ4v) is 4.28. The van der Waals surface area contributed by atoms with Gasteiger partial charge in [-0.1, -0.05) is 18.2 Å². The van der Waals surface area contributed by atoms with Gasteiger partial charge in [-0.05, 0) is 50.3 Å². The van der Waals surface area contributed by atoms with Crippen LogP contribution in [-0.4, -0.2) is 38.7 Å². The van der Waals surface area contributed by atoms with Crippen molar-refractivity contribution in [1.29, 1.82) is 0 Å². The minimum Gasteiger partial charge on any atom is -0.355 e. The Morgan fingerprint density at radius 3 is 2.53 bits per heavy atom. The van der Waals surface area contributed by atoms with Gasteiger partial charge in [0.1, 0.15) is 5.82 Å². The van der Waals surface area contributed by atoms with Gasteiger partial charge in [-0.3, -0.25) is 4.79 Å². The Bertz CT molecular complexity index is 1010. The third-order valence-electron chi connectivity index (χ3n) is 5.92. The number of nitrogens with one attached hydrogen (secondary N) is 1. The molecule has 5 rings (SSSR count). The van der Waals surface area contributed by atoms with Crippen molar-refractivity contribution in [2.75, 3.05) is 23.3 Å². The predicted molar refractivity (Wildman–Crippen MR) is 117 cm³/mol. The quantitative estimate of drug-likeness (QED) is 0.716. The van der Waals surface area contributed by atoms with E-state index in [1.165, 1.54) is 32.1 Å². The maximum atomic E-state index is 12.8. The van der Waals surface area contributed by atoms with Crippen molar-refractivity contribution < 1.29 is 4.79 Å². The number of aryl methyl sites for hydroxylation is 2. The average Bonchev–Trinajstić information content (AvgIpc) is 3.24. The second-order valence-corrected chi connectivity index (χ2v) is 8.02. The van der Waals surface area contributed by atoms with E-state index in [0.29, 0.717) is 5.69 Å². The van der Waals surface area contributed by atoms with Gasteiger partial charge >= 0.3 is 0 Å². The Morgan fingerprint density at radius 2 is 1.73 bits per heavy atom. The number of amides is 1. The van der Waals surface area contributed by atoms with Gasteiger partial charge in [-0.15, -0.1) is 10.2 Å². The van der Waals surface area contributed by atoms with E-state index in [0.717, 1.165) is 54.6 Å². The summed E-state index contributed by atoms with van der Waals surface area (Å²) in [5, 5.41) is 11.5. The molecular formula is C23H26N6O. The average molecular weight is 403 g/mol. The van der Waals surface area contributed by atoms with E-state index in [9.17, 15) is 4.79 Å². The standard InChI is InChI=1S/C23H26N6O/c30-23(19-11-12-22(27-26-19)28-13-5-1-6-14-28)25-18-9-3-2-8-17(18)20-16-29-15-7-4-10-21(29)24-20/h2-3,8-9,11-12,16H,1,4-7,10,13-15H2,(H,25,30). The van der Waals surface area contributed by atoms with Gasteiger partial charge in [-0.2, -0.15) is 0 Å². The number of para-hydroxylation sites is 1. The van der Waals surface area contributed by atoms with Gasteiger partial charge in [0.15, 0.2) is 11.5 Å². The first-order valence-corrected chi connectivity index (χ1v) is 10.8. The fourth-order valence-electron chi connectivity index (χ4n) is 4.28. The van der Waals surface area contributed by atoms with Gasteiger partial charge < -0.3 is 14.8 Å². The molecule has 0 atom stereocenters. The van der Waals surface area contributed by atoms with Gasteiger partial charge in [0.05, 0.1) is 11.4 Å². The summed E-state index contributed by atoms with van der Waals surface area (Å²) >= 11 is 0. The molecule has 2 aliphatic rings. The van der Waals surface area contributed by atoms with Crippen LogP contribution in [0.15, 0.2) is 42.6 Å². The second kappa shape index (κ2) is 8.26. The van der Waals surface area contributed by atoms with Crippen LogP contribution in [-0.2, 0) is 13.0 Å². The van der Waals surface area contributed by atoms with E-state index < -0.39 is 0 Å². The van der Waals surface area contributed by atoms with E-state index in [4.69, 9.17) is 4.98 Å². The van der Waals surface area contributed by atoms with Gasteiger partial charge in [0.25, 0.3) is 5.91 Å². The van der Waals surface area contributed by atoms with Crippen molar-refractivity contribution >= 4 is 17.4 Å². The lowest BCUT2D eigenvalue weighted by Gasteiger charge is -2.27. The lowest BCUT2D eigenvalue weighted by molar-refractivity contribution is 0.102. The molecule has 0 radical (unpaired) electrons. The molecule has 1 N–H and O–H groups in total. The maximum Gasteiger partial charge on any atom is 0.276 e. The van der Waals surface area contributed by atoms with E-state index in [2.05, 4.69) is 31.2 Å². The number of carbonyl (C=O) groups excluding carboxylic acids is 1. The number of hydrogen-bond donors (Lipinski definition) is 1. The summed E-state index contributed by atoms with van der Waals surface area (Å²) in [6.45, 7) is 3.01. The molecule has 7 heteroatoms. The molecule has 0 saturated carbocycles. The SMILES string of the molecule is O=C(Nc1ccccc1-c1cn2c(n1)CCCC2)c1ccc(N2CCCCC2)nn1. The Morgan fingerprint density at radius 1 is 0.900 bits per heavy atom. The summed E-state index contributed by atoms with van der Waals surface area (Å²) in [4.78, 5) is 19.9. The molecule has 7 nitrogen and oxygen atoms in total. The molecule has 1 aromatic carbocycles. The zero-order valence-electron chi connectivity index (χ0n) is 17.0. The minimum absolute atomic E-state index is 0.260. The van der Waals surface area contributed by atoms with Crippen LogP contribution in [0.4, 0.5) is 11.5 Å². The molecular weight excluding hydrogens is 376 g/mol. The number of carbonyl (C=O) groups is 1. The summed E-state index contributed by atoms with van der Waals surface area (Å²) in [6.07, 6.45) is 9.09. The second-order valence-electron chi connectivity index (χ2n) is 8.02. The van der Waals surface area contributed by atoms with Crippen LogP contribution in [0, 0.1) is 0 Å². The Hall–Kier alpha value is -3.22. The van der Waals surface area contributed by atoms with Crippen LogP contribution in [0.1, 0.15) is 48.4 Å². The van der Waals surface area contributed by atoms with Gasteiger partial charge in [-0.25, -0.2) is 4.98 Å². The number of fused-ring (bicyclic) bond motifs is 1. The van der Waals surface area contributed by atoms with Crippen molar-refractivity contribution in [3.63, 3.8) is 0 Å². The third kappa shape index (κ3) is 3.79. The molecule has 1 saturated heterocycles. The lowest BCUT2D eigenvalue weighted by atomic mass is 10.1. The highest BCUT2D eigenvalue weighted by atomic mass is 16.1. The van der Waals surface area contributed by atoms with Crippen molar-refractivity contribution in [3.05, 3.63) is 54.1 Å². The first-order chi connectivity index (χ1) is 14.8. The molecule has 3 aromatic rings. The topological polar surface area (TPSA) is 75.9 Å². The van der Waals surface area contributed by atoms with Gasteiger partial charge in [0.2, 0.25) is 0 Å². The maximum absolute atomic E-state index is 12.8. The normalized spacial score (nSPS) is 16.2. The van der Waals surface area contributed by atoms with E-state index >= 15 is 0 Å². The minimum atomic E-state index is -0.260. The zero-order chi connectivity index (χ0) is 20.3. The summed E-state index contributed by atoms with van der Waals surface area (Å²) < 4.78 is 2.22. The molecule has 0 aliphatic carbocycles. The number of rotatable bonds is 4.